The number of amides is 2. The number of carbonyl (C=O) groups is 3. The van der Waals surface area contributed by atoms with Crippen LogP contribution in [0.1, 0.15) is 39.2 Å². The lowest BCUT2D eigenvalue weighted by Crippen LogP contribution is -2.44. The van der Waals surface area contributed by atoms with Gasteiger partial charge in [-0.15, -0.1) is 0 Å². The second-order valence-electron chi connectivity index (χ2n) is 6.63. The molecule has 0 aliphatic rings. The van der Waals surface area contributed by atoms with Gasteiger partial charge in [-0.25, -0.2) is 4.79 Å². The number of hydrogen-bond donors (Lipinski definition) is 2. The zero-order valence-electron chi connectivity index (χ0n) is 14.7. The fourth-order valence-electron chi connectivity index (χ4n) is 2.16. The lowest BCUT2D eigenvalue weighted by atomic mass is 10.1. The van der Waals surface area contributed by atoms with Gasteiger partial charge in [-0.2, -0.15) is 0 Å². The summed E-state index contributed by atoms with van der Waals surface area (Å²) in [4.78, 5) is 35.6. The molecule has 0 aromatic heterocycles. The SMILES string of the molecule is COC(=O)[C@H](Cc1ccccc1)NC(=O)CCC(=O)NC(C)(C)C. The molecule has 1 rings (SSSR count). The van der Waals surface area contributed by atoms with Crippen molar-refractivity contribution in [3.05, 3.63) is 35.9 Å². The van der Waals surface area contributed by atoms with Gasteiger partial charge in [-0.1, -0.05) is 30.3 Å². The summed E-state index contributed by atoms with van der Waals surface area (Å²) in [5, 5.41) is 5.43. The van der Waals surface area contributed by atoms with Gasteiger partial charge in [0.1, 0.15) is 6.04 Å². The summed E-state index contributed by atoms with van der Waals surface area (Å²) in [6.45, 7) is 5.62. The minimum Gasteiger partial charge on any atom is -0.467 e. The molecule has 6 nitrogen and oxygen atoms in total. The summed E-state index contributed by atoms with van der Waals surface area (Å²) >= 11 is 0. The fourth-order valence-corrected chi connectivity index (χ4v) is 2.16. The number of esters is 1. The molecule has 1 aromatic carbocycles. The van der Waals surface area contributed by atoms with Gasteiger partial charge in [0.15, 0.2) is 0 Å². The maximum atomic E-state index is 12.0. The maximum absolute atomic E-state index is 12.0. The van der Waals surface area contributed by atoms with E-state index in [1.54, 1.807) is 0 Å². The molecule has 0 unspecified atom stereocenters. The van der Waals surface area contributed by atoms with E-state index in [4.69, 9.17) is 4.74 Å². The summed E-state index contributed by atoms with van der Waals surface area (Å²) in [5.74, 6) is -1.06. The molecule has 0 saturated carbocycles. The first-order valence-electron chi connectivity index (χ1n) is 7.93. The van der Waals surface area contributed by atoms with Crippen LogP contribution in [0, 0.1) is 0 Å². The third-order valence-corrected chi connectivity index (χ3v) is 3.20. The highest BCUT2D eigenvalue weighted by Gasteiger charge is 2.22. The summed E-state index contributed by atoms with van der Waals surface area (Å²) in [6.07, 6.45) is 0.431. The Bertz CT molecular complexity index is 564. The molecular weight excluding hydrogens is 308 g/mol. The van der Waals surface area contributed by atoms with Crippen LogP contribution in [0.2, 0.25) is 0 Å². The Morgan fingerprint density at radius 1 is 1.04 bits per heavy atom. The molecule has 0 fully saturated rings. The fraction of sp³-hybridized carbons (Fsp3) is 0.500. The molecule has 0 saturated heterocycles. The van der Waals surface area contributed by atoms with E-state index in [1.807, 2.05) is 51.1 Å². The smallest absolute Gasteiger partial charge is 0.328 e. The van der Waals surface area contributed by atoms with Crippen molar-refractivity contribution in [2.45, 2.75) is 51.6 Å². The van der Waals surface area contributed by atoms with E-state index in [0.29, 0.717) is 6.42 Å². The van der Waals surface area contributed by atoms with Gasteiger partial charge in [0.2, 0.25) is 11.8 Å². The van der Waals surface area contributed by atoms with E-state index in [9.17, 15) is 14.4 Å². The van der Waals surface area contributed by atoms with Crippen molar-refractivity contribution in [1.29, 1.82) is 0 Å². The van der Waals surface area contributed by atoms with Crippen LogP contribution in [0.3, 0.4) is 0 Å². The summed E-state index contributed by atoms with van der Waals surface area (Å²) in [5.41, 5.74) is 0.578. The Morgan fingerprint density at radius 3 is 2.17 bits per heavy atom. The summed E-state index contributed by atoms with van der Waals surface area (Å²) in [6, 6.07) is 8.58. The van der Waals surface area contributed by atoms with Crippen molar-refractivity contribution >= 4 is 17.8 Å². The monoisotopic (exact) mass is 334 g/mol. The molecule has 0 aliphatic heterocycles. The highest BCUT2D eigenvalue weighted by molar-refractivity contribution is 5.87. The van der Waals surface area contributed by atoms with Crippen LogP contribution in [-0.2, 0) is 25.5 Å². The van der Waals surface area contributed by atoms with E-state index in [-0.39, 0.29) is 30.2 Å². The number of ether oxygens (including phenoxy) is 1. The number of hydrogen-bond acceptors (Lipinski definition) is 4. The Labute approximate surface area is 143 Å². The van der Waals surface area contributed by atoms with Crippen molar-refractivity contribution in [2.24, 2.45) is 0 Å². The molecule has 1 atom stereocenters. The number of benzene rings is 1. The van der Waals surface area contributed by atoms with Crippen LogP contribution in [0.5, 0.6) is 0 Å². The predicted octanol–water partition coefficient (Wildman–Crippen LogP) is 1.58. The van der Waals surface area contributed by atoms with Crippen molar-refractivity contribution in [3.8, 4) is 0 Å². The van der Waals surface area contributed by atoms with Crippen molar-refractivity contribution < 1.29 is 19.1 Å². The van der Waals surface area contributed by atoms with Gasteiger partial charge in [0.05, 0.1) is 7.11 Å². The van der Waals surface area contributed by atoms with Crippen molar-refractivity contribution in [3.63, 3.8) is 0 Å². The van der Waals surface area contributed by atoms with E-state index < -0.39 is 12.0 Å². The molecule has 24 heavy (non-hydrogen) atoms. The average molecular weight is 334 g/mol. The van der Waals surface area contributed by atoms with Crippen LogP contribution in [0.15, 0.2) is 30.3 Å². The molecular formula is C18H26N2O4. The molecule has 1 aromatic rings. The van der Waals surface area contributed by atoms with E-state index >= 15 is 0 Å². The topological polar surface area (TPSA) is 84.5 Å². The standard InChI is InChI=1S/C18H26N2O4/c1-18(2,3)20-16(22)11-10-15(21)19-14(17(23)24-4)12-13-8-6-5-7-9-13/h5-9,14H,10-12H2,1-4H3,(H,19,21)(H,20,22)/t14-/m0/s1. The predicted molar refractivity (Wildman–Crippen MR) is 91.2 cm³/mol. The number of rotatable bonds is 7. The lowest BCUT2D eigenvalue weighted by molar-refractivity contribution is -0.145. The zero-order valence-corrected chi connectivity index (χ0v) is 14.7. The van der Waals surface area contributed by atoms with E-state index in [0.717, 1.165) is 5.56 Å². The van der Waals surface area contributed by atoms with E-state index in [1.165, 1.54) is 7.11 Å². The number of nitrogens with one attached hydrogen (secondary N) is 2. The molecule has 6 heteroatoms. The van der Waals surface area contributed by atoms with Crippen LogP contribution < -0.4 is 10.6 Å². The Hall–Kier alpha value is -2.37. The second kappa shape index (κ2) is 9.05. The number of methoxy groups -OCH3 is 1. The van der Waals surface area contributed by atoms with Crippen LogP contribution in [0.25, 0.3) is 0 Å². The summed E-state index contributed by atoms with van der Waals surface area (Å²) < 4.78 is 4.74. The van der Waals surface area contributed by atoms with Gasteiger partial charge < -0.3 is 15.4 Å². The van der Waals surface area contributed by atoms with Crippen LogP contribution >= 0.6 is 0 Å². The molecule has 132 valence electrons. The third kappa shape index (κ3) is 7.76. The van der Waals surface area contributed by atoms with Gasteiger partial charge in [0, 0.05) is 24.8 Å². The quantitative estimate of drug-likeness (QED) is 0.742. The average Bonchev–Trinajstić information content (AvgIpc) is 2.51. The lowest BCUT2D eigenvalue weighted by Gasteiger charge is -2.20. The van der Waals surface area contributed by atoms with Gasteiger partial charge >= 0.3 is 5.97 Å². The molecule has 0 aliphatic carbocycles. The third-order valence-electron chi connectivity index (χ3n) is 3.20. The summed E-state index contributed by atoms with van der Waals surface area (Å²) in [7, 11) is 1.28. The molecule has 2 N–H and O–H groups in total. The van der Waals surface area contributed by atoms with Gasteiger partial charge in [-0.05, 0) is 26.3 Å². The van der Waals surface area contributed by atoms with Crippen LogP contribution in [0.4, 0.5) is 0 Å². The van der Waals surface area contributed by atoms with Crippen molar-refractivity contribution in [2.75, 3.05) is 7.11 Å². The van der Waals surface area contributed by atoms with Gasteiger partial charge in [0.25, 0.3) is 0 Å². The van der Waals surface area contributed by atoms with Crippen molar-refractivity contribution in [1.82, 2.24) is 10.6 Å². The first-order valence-corrected chi connectivity index (χ1v) is 7.93. The first kappa shape index (κ1) is 19.7. The highest BCUT2D eigenvalue weighted by atomic mass is 16.5. The molecule has 0 bridgehead atoms. The minimum absolute atomic E-state index is 0.0181. The molecule has 2 amide bonds. The normalized spacial score (nSPS) is 12.2. The van der Waals surface area contributed by atoms with E-state index in [2.05, 4.69) is 10.6 Å². The molecule has 0 spiro atoms. The maximum Gasteiger partial charge on any atom is 0.328 e. The van der Waals surface area contributed by atoms with Crippen LogP contribution in [-0.4, -0.2) is 36.5 Å². The molecule has 0 heterocycles. The minimum atomic E-state index is -0.768. The second-order valence-corrected chi connectivity index (χ2v) is 6.63. The first-order chi connectivity index (χ1) is 11.2. The Morgan fingerprint density at radius 2 is 1.62 bits per heavy atom. The van der Waals surface area contributed by atoms with Gasteiger partial charge in [-0.3, -0.25) is 9.59 Å². The number of carbonyl (C=O) groups excluding carboxylic acids is 3. The largest absolute Gasteiger partial charge is 0.467 e. The Balaban J connectivity index is 2.55. The Kier molecular flexibility index (Phi) is 7.42. The highest BCUT2D eigenvalue weighted by Crippen LogP contribution is 2.06. The zero-order chi connectivity index (χ0) is 18.2. The molecule has 0 radical (unpaired) electrons.